The number of allylic oxidation sites excluding steroid dienone is 1. The van der Waals surface area contributed by atoms with E-state index < -0.39 is 0 Å². The number of unbranched alkanes of at least 4 members (excludes halogenated alkanes) is 1. The fourth-order valence-corrected chi connectivity index (χ4v) is 2.41. The predicted octanol–water partition coefficient (Wildman–Crippen LogP) is 5.44. The van der Waals surface area contributed by atoms with Crippen molar-refractivity contribution in [3.63, 3.8) is 0 Å². The number of rotatable bonds is 6. The highest BCUT2D eigenvalue weighted by atomic mass is 32.2. The second-order valence-corrected chi connectivity index (χ2v) is 5.43. The average molecular weight is 268 g/mol. The molecule has 2 rings (SSSR count). The highest BCUT2D eigenvalue weighted by Gasteiger charge is 1.91. The molecule has 0 spiro atoms. The van der Waals surface area contributed by atoms with Crippen LogP contribution in [0.25, 0.3) is 6.08 Å². The molecule has 0 radical (unpaired) electrons. The molecular weight excluding hydrogens is 248 g/mol. The highest BCUT2D eigenvalue weighted by molar-refractivity contribution is 7.98. The molecule has 2 aromatic carbocycles. The van der Waals surface area contributed by atoms with Crippen LogP contribution in [0.2, 0.25) is 0 Å². The third-order valence-electron chi connectivity index (χ3n) is 3.11. The molecule has 0 aliphatic heterocycles. The SMILES string of the molecule is CSc1ccc(C=CCCCc2ccccc2)cc1. The summed E-state index contributed by atoms with van der Waals surface area (Å²) in [5.41, 5.74) is 2.72. The average Bonchev–Trinajstić information content (AvgIpc) is 2.49. The van der Waals surface area contributed by atoms with Gasteiger partial charge in [-0.25, -0.2) is 0 Å². The van der Waals surface area contributed by atoms with Crippen LogP contribution >= 0.6 is 11.8 Å². The predicted molar refractivity (Wildman–Crippen MR) is 86.6 cm³/mol. The van der Waals surface area contributed by atoms with Crippen molar-refractivity contribution in [3.8, 4) is 0 Å². The van der Waals surface area contributed by atoms with Crippen LogP contribution in [0, 0.1) is 0 Å². The Balaban J connectivity index is 1.74. The van der Waals surface area contributed by atoms with Gasteiger partial charge in [0.05, 0.1) is 0 Å². The number of aryl methyl sites for hydroxylation is 1. The Kier molecular flexibility index (Phi) is 5.77. The zero-order chi connectivity index (χ0) is 13.3. The van der Waals surface area contributed by atoms with Gasteiger partial charge in [0.2, 0.25) is 0 Å². The first-order valence-corrected chi connectivity index (χ1v) is 7.95. The Morgan fingerprint density at radius 3 is 2.37 bits per heavy atom. The smallest absolute Gasteiger partial charge is 0.00695 e. The van der Waals surface area contributed by atoms with Gasteiger partial charge in [-0.1, -0.05) is 54.6 Å². The lowest BCUT2D eigenvalue weighted by atomic mass is 10.1. The minimum Gasteiger partial charge on any atom is -0.130 e. The quantitative estimate of drug-likeness (QED) is 0.496. The molecule has 19 heavy (non-hydrogen) atoms. The molecule has 0 unspecified atom stereocenters. The highest BCUT2D eigenvalue weighted by Crippen LogP contribution is 2.15. The van der Waals surface area contributed by atoms with Crippen molar-refractivity contribution in [2.45, 2.75) is 24.2 Å². The molecule has 0 aliphatic carbocycles. The van der Waals surface area contributed by atoms with E-state index >= 15 is 0 Å². The third kappa shape index (κ3) is 4.96. The molecular formula is C18H20S. The number of hydrogen-bond acceptors (Lipinski definition) is 1. The molecule has 0 N–H and O–H groups in total. The molecule has 0 nitrogen and oxygen atoms in total. The first-order valence-electron chi connectivity index (χ1n) is 6.73. The minimum absolute atomic E-state index is 1.14. The van der Waals surface area contributed by atoms with E-state index in [-0.39, 0.29) is 0 Å². The van der Waals surface area contributed by atoms with Crippen LogP contribution < -0.4 is 0 Å². The van der Waals surface area contributed by atoms with Crippen molar-refractivity contribution in [2.24, 2.45) is 0 Å². The van der Waals surface area contributed by atoms with E-state index in [0.29, 0.717) is 0 Å². The lowest BCUT2D eigenvalue weighted by Gasteiger charge is -1.99. The lowest BCUT2D eigenvalue weighted by Crippen LogP contribution is -1.82. The van der Waals surface area contributed by atoms with Gasteiger partial charge in [-0.05, 0) is 48.8 Å². The van der Waals surface area contributed by atoms with Crippen LogP contribution in [0.15, 0.2) is 65.6 Å². The normalized spacial score (nSPS) is 11.0. The molecule has 1 heteroatoms. The van der Waals surface area contributed by atoms with Gasteiger partial charge in [-0.15, -0.1) is 11.8 Å². The molecule has 0 atom stereocenters. The summed E-state index contributed by atoms with van der Waals surface area (Å²) in [4.78, 5) is 1.32. The van der Waals surface area contributed by atoms with E-state index in [2.05, 4.69) is 73.0 Å². The van der Waals surface area contributed by atoms with Gasteiger partial charge in [0.1, 0.15) is 0 Å². The van der Waals surface area contributed by atoms with Gasteiger partial charge in [0.25, 0.3) is 0 Å². The van der Waals surface area contributed by atoms with Gasteiger partial charge < -0.3 is 0 Å². The summed E-state index contributed by atoms with van der Waals surface area (Å²) in [6.45, 7) is 0. The Bertz CT molecular complexity index is 497. The minimum atomic E-state index is 1.14. The van der Waals surface area contributed by atoms with Gasteiger partial charge in [0, 0.05) is 4.90 Å². The van der Waals surface area contributed by atoms with E-state index in [1.165, 1.54) is 22.4 Å². The summed E-state index contributed by atoms with van der Waals surface area (Å²) >= 11 is 1.78. The summed E-state index contributed by atoms with van der Waals surface area (Å²) in [6.07, 6.45) is 10.1. The summed E-state index contributed by atoms with van der Waals surface area (Å²) < 4.78 is 0. The Morgan fingerprint density at radius 2 is 1.68 bits per heavy atom. The lowest BCUT2D eigenvalue weighted by molar-refractivity contribution is 0.845. The fraction of sp³-hybridized carbons (Fsp3) is 0.222. The van der Waals surface area contributed by atoms with E-state index in [4.69, 9.17) is 0 Å². The molecule has 0 saturated heterocycles. The maximum Gasteiger partial charge on any atom is 0.00695 e. The zero-order valence-corrected chi connectivity index (χ0v) is 12.2. The molecule has 2 aromatic rings. The summed E-state index contributed by atoms with van der Waals surface area (Å²) in [5.74, 6) is 0. The van der Waals surface area contributed by atoms with E-state index in [1.54, 1.807) is 11.8 Å². The fourth-order valence-electron chi connectivity index (χ4n) is 2.00. The standard InChI is InChI=1S/C18H20S/c1-19-18-14-12-17(13-15-18)11-7-3-6-10-16-8-4-2-5-9-16/h2,4-5,7-9,11-15H,3,6,10H2,1H3. The van der Waals surface area contributed by atoms with E-state index in [1.807, 2.05) is 0 Å². The van der Waals surface area contributed by atoms with Gasteiger partial charge in [0.15, 0.2) is 0 Å². The first kappa shape index (κ1) is 14.0. The van der Waals surface area contributed by atoms with Crippen molar-refractivity contribution in [1.29, 1.82) is 0 Å². The summed E-state index contributed by atoms with van der Waals surface area (Å²) in [5, 5.41) is 0. The van der Waals surface area contributed by atoms with Crippen molar-refractivity contribution in [3.05, 3.63) is 71.8 Å². The van der Waals surface area contributed by atoms with E-state index in [0.717, 1.165) is 12.8 Å². The maximum absolute atomic E-state index is 2.27. The largest absolute Gasteiger partial charge is 0.130 e. The van der Waals surface area contributed by atoms with E-state index in [9.17, 15) is 0 Å². The molecule has 98 valence electrons. The summed E-state index contributed by atoms with van der Waals surface area (Å²) in [7, 11) is 0. The van der Waals surface area contributed by atoms with Crippen LogP contribution in [-0.2, 0) is 6.42 Å². The molecule has 0 saturated carbocycles. The van der Waals surface area contributed by atoms with Crippen molar-refractivity contribution in [2.75, 3.05) is 6.26 Å². The Labute approximate surface area is 120 Å². The Hall–Kier alpha value is -1.47. The first-order chi connectivity index (χ1) is 9.38. The van der Waals surface area contributed by atoms with Crippen LogP contribution in [0.5, 0.6) is 0 Å². The molecule has 0 bridgehead atoms. The topological polar surface area (TPSA) is 0 Å². The summed E-state index contributed by atoms with van der Waals surface area (Å²) in [6, 6.07) is 19.4. The van der Waals surface area contributed by atoms with Crippen LogP contribution in [-0.4, -0.2) is 6.26 Å². The molecule has 0 fully saturated rings. The Morgan fingerprint density at radius 1 is 0.947 bits per heavy atom. The van der Waals surface area contributed by atoms with Gasteiger partial charge in [-0.2, -0.15) is 0 Å². The molecule has 0 aliphatic rings. The number of thioether (sulfide) groups is 1. The molecule has 0 amide bonds. The number of hydrogen-bond donors (Lipinski definition) is 0. The second kappa shape index (κ2) is 7.85. The molecule has 0 heterocycles. The van der Waals surface area contributed by atoms with Crippen molar-refractivity contribution < 1.29 is 0 Å². The number of benzene rings is 2. The second-order valence-electron chi connectivity index (χ2n) is 4.55. The van der Waals surface area contributed by atoms with Crippen LogP contribution in [0.3, 0.4) is 0 Å². The third-order valence-corrected chi connectivity index (χ3v) is 3.85. The van der Waals surface area contributed by atoms with Gasteiger partial charge in [-0.3, -0.25) is 0 Å². The van der Waals surface area contributed by atoms with Gasteiger partial charge >= 0.3 is 0 Å². The monoisotopic (exact) mass is 268 g/mol. The molecule has 0 aromatic heterocycles. The van der Waals surface area contributed by atoms with Crippen LogP contribution in [0.1, 0.15) is 24.0 Å². The van der Waals surface area contributed by atoms with Crippen molar-refractivity contribution in [1.82, 2.24) is 0 Å². The maximum atomic E-state index is 2.27. The van der Waals surface area contributed by atoms with Crippen molar-refractivity contribution >= 4 is 17.8 Å². The zero-order valence-electron chi connectivity index (χ0n) is 11.4. The van der Waals surface area contributed by atoms with Crippen LogP contribution in [0.4, 0.5) is 0 Å².